The minimum Gasteiger partial charge on any atom is -0.480 e. The van der Waals surface area contributed by atoms with Gasteiger partial charge < -0.3 is 5.11 Å². The molecule has 1 aliphatic heterocycles. The fourth-order valence-corrected chi connectivity index (χ4v) is 3.43. The molecular formula is C9H17NO4S. The summed E-state index contributed by atoms with van der Waals surface area (Å²) in [5.74, 6) is -1.28. The summed E-state index contributed by atoms with van der Waals surface area (Å²) in [6.07, 6.45) is 2.64. The van der Waals surface area contributed by atoms with Gasteiger partial charge in [0.15, 0.2) is 5.25 Å². The topological polar surface area (TPSA) is 74.7 Å². The Balaban J connectivity index is 2.89. The summed E-state index contributed by atoms with van der Waals surface area (Å²) in [5.41, 5.74) is 0. The third kappa shape index (κ3) is 2.49. The summed E-state index contributed by atoms with van der Waals surface area (Å²) in [6.45, 7) is 3.49. The van der Waals surface area contributed by atoms with Crippen LogP contribution in [0.2, 0.25) is 0 Å². The van der Waals surface area contributed by atoms with Crippen LogP contribution in [0.3, 0.4) is 0 Å². The second-order valence-electron chi connectivity index (χ2n) is 3.98. The minimum atomic E-state index is -3.68. The molecule has 5 nitrogen and oxygen atoms in total. The SMILES string of the molecule is CC1CCCCN1S(=O)(=O)C(C)C(=O)O. The van der Waals surface area contributed by atoms with Crippen molar-refractivity contribution in [2.24, 2.45) is 0 Å². The second-order valence-corrected chi connectivity index (χ2v) is 6.19. The van der Waals surface area contributed by atoms with E-state index in [2.05, 4.69) is 0 Å². The smallest absolute Gasteiger partial charge is 0.323 e. The maximum absolute atomic E-state index is 11.9. The number of carboxylic acid groups (broad SMARTS) is 1. The van der Waals surface area contributed by atoms with E-state index in [1.165, 1.54) is 11.2 Å². The van der Waals surface area contributed by atoms with E-state index < -0.39 is 21.2 Å². The van der Waals surface area contributed by atoms with E-state index in [0.717, 1.165) is 19.3 Å². The number of aliphatic carboxylic acids is 1. The number of piperidine rings is 1. The first-order valence-electron chi connectivity index (χ1n) is 5.11. The summed E-state index contributed by atoms with van der Waals surface area (Å²) in [5, 5.41) is 7.38. The zero-order chi connectivity index (χ0) is 11.6. The number of sulfonamides is 1. The molecule has 0 aromatic heterocycles. The van der Waals surface area contributed by atoms with Crippen LogP contribution in [0.5, 0.6) is 0 Å². The zero-order valence-corrected chi connectivity index (χ0v) is 9.83. The van der Waals surface area contributed by atoms with E-state index in [1.807, 2.05) is 6.92 Å². The highest BCUT2D eigenvalue weighted by atomic mass is 32.2. The van der Waals surface area contributed by atoms with E-state index in [-0.39, 0.29) is 6.04 Å². The Morgan fingerprint density at radius 2 is 2.07 bits per heavy atom. The average Bonchev–Trinajstić information content (AvgIpc) is 2.16. The molecule has 2 unspecified atom stereocenters. The lowest BCUT2D eigenvalue weighted by molar-refractivity contribution is -0.136. The van der Waals surface area contributed by atoms with E-state index in [9.17, 15) is 13.2 Å². The second kappa shape index (κ2) is 4.49. The van der Waals surface area contributed by atoms with Crippen molar-refractivity contribution in [3.05, 3.63) is 0 Å². The Labute approximate surface area is 90.1 Å². The Bertz CT molecular complexity index is 338. The van der Waals surface area contributed by atoms with Gasteiger partial charge in [-0.2, -0.15) is 4.31 Å². The van der Waals surface area contributed by atoms with Gasteiger partial charge >= 0.3 is 5.97 Å². The first-order valence-corrected chi connectivity index (χ1v) is 6.61. The van der Waals surface area contributed by atoms with E-state index in [4.69, 9.17) is 5.11 Å². The first-order chi connectivity index (χ1) is 6.87. The number of hydrogen-bond donors (Lipinski definition) is 1. The molecule has 6 heteroatoms. The van der Waals surface area contributed by atoms with Crippen molar-refractivity contribution in [1.29, 1.82) is 0 Å². The van der Waals surface area contributed by atoms with Gasteiger partial charge in [0.05, 0.1) is 0 Å². The number of rotatable bonds is 3. The lowest BCUT2D eigenvalue weighted by Gasteiger charge is -2.33. The van der Waals surface area contributed by atoms with Crippen LogP contribution >= 0.6 is 0 Å². The van der Waals surface area contributed by atoms with Gasteiger partial charge in [-0.3, -0.25) is 4.79 Å². The van der Waals surface area contributed by atoms with Crippen molar-refractivity contribution in [2.75, 3.05) is 6.54 Å². The normalized spacial score (nSPS) is 26.1. The highest BCUT2D eigenvalue weighted by Crippen LogP contribution is 2.22. The van der Waals surface area contributed by atoms with Crippen molar-refractivity contribution >= 4 is 16.0 Å². The lowest BCUT2D eigenvalue weighted by Crippen LogP contribution is -2.47. The van der Waals surface area contributed by atoms with Gasteiger partial charge in [-0.05, 0) is 26.7 Å². The molecule has 1 N–H and O–H groups in total. The van der Waals surface area contributed by atoms with Gasteiger partial charge in [-0.1, -0.05) is 6.42 Å². The number of carbonyl (C=O) groups is 1. The third-order valence-corrected chi connectivity index (χ3v) is 5.15. The fraction of sp³-hybridized carbons (Fsp3) is 0.889. The maximum Gasteiger partial charge on any atom is 0.323 e. The van der Waals surface area contributed by atoms with Crippen LogP contribution in [0, 0.1) is 0 Å². The van der Waals surface area contributed by atoms with E-state index >= 15 is 0 Å². The Morgan fingerprint density at radius 3 is 2.53 bits per heavy atom. The minimum absolute atomic E-state index is 0.0782. The molecule has 1 rings (SSSR count). The average molecular weight is 235 g/mol. The summed E-state index contributed by atoms with van der Waals surface area (Å²) in [7, 11) is -3.68. The highest BCUT2D eigenvalue weighted by molar-refractivity contribution is 7.90. The standard InChI is InChI=1S/C9H17NO4S/c1-7-5-3-4-6-10(7)15(13,14)8(2)9(11)12/h7-8H,3-6H2,1-2H3,(H,11,12). The summed E-state index contributed by atoms with van der Waals surface area (Å²) in [4.78, 5) is 10.7. The third-order valence-electron chi connectivity index (χ3n) is 2.86. The number of hydrogen-bond acceptors (Lipinski definition) is 3. The van der Waals surface area contributed by atoms with Gasteiger partial charge in [0, 0.05) is 12.6 Å². The summed E-state index contributed by atoms with van der Waals surface area (Å²) in [6, 6.07) is -0.0782. The van der Waals surface area contributed by atoms with Crippen LogP contribution < -0.4 is 0 Å². The molecule has 1 fully saturated rings. The molecule has 15 heavy (non-hydrogen) atoms. The van der Waals surface area contributed by atoms with E-state index in [1.54, 1.807) is 0 Å². The van der Waals surface area contributed by atoms with Crippen molar-refractivity contribution in [3.63, 3.8) is 0 Å². The molecular weight excluding hydrogens is 218 g/mol. The molecule has 0 saturated carbocycles. The molecule has 0 aliphatic carbocycles. The van der Waals surface area contributed by atoms with Gasteiger partial charge in [0.2, 0.25) is 10.0 Å². The van der Waals surface area contributed by atoms with Gasteiger partial charge in [0.25, 0.3) is 0 Å². The lowest BCUT2D eigenvalue weighted by atomic mass is 10.1. The molecule has 0 aromatic rings. The highest BCUT2D eigenvalue weighted by Gasteiger charge is 2.37. The predicted octanol–water partition coefficient (Wildman–Crippen LogP) is 0.664. The molecule has 1 saturated heterocycles. The monoisotopic (exact) mass is 235 g/mol. The molecule has 0 spiro atoms. The summed E-state index contributed by atoms with van der Waals surface area (Å²) < 4.78 is 25.1. The van der Waals surface area contributed by atoms with Gasteiger partial charge in [0.1, 0.15) is 0 Å². The Kier molecular flexibility index (Phi) is 3.72. The van der Waals surface area contributed by atoms with Crippen LogP contribution in [-0.2, 0) is 14.8 Å². The fourth-order valence-electron chi connectivity index (χ4n) is 1.78. The van der Waals surface area contributed by atoms with Crippen molar-refractivity contribution < 1.29 is 18.3 Å². The van der Waals surface area contributed by atoms with Crippen molar-refractivity contribution in [3.8, 4) is 0 Å². The van der Waals surface area contributed by atoms with Gasteiger partial charge in [-0.25, -0.2) is 8.42 Å². The van der Waals surface area contributed by atoms with Crippen LogP contribution in [0.1, 0.15) is 33.1 Å². The van der Waals surface area contributed by atoms with Crippen LogP contribution in [0.4, 0.5) is 0 Å². The van der Waals surface area contributed by atoms with Crippen LogP contribution in [0.25, 0.3) is 0 Å². The molecule has 0 radical (unpaired) electrons. The Morgan fingerprint density at radius 1 is 1.47 bits per heavy atom. The summed E-state index contributed by atoms with van der Waals surface area (Å²) >= 11 is 0. The molecule has 0 bridgehead atoms. The molecule has 1 aliphatic rings. The quantitative estimate of drug-likeness (QED) is 0.780. The van der Waals surface area contributed by atoms with Crippen molar-refractivity contribution in [1.82, 2.24) is 4.31 Å². The number of nitrogens with zero attached hydrogens (tertiary/aromatic N) is 1. The van der Waals surface area contributed by atoms with Crippen LogP contribution in [-0.4, -0.2) is 41.6 Å². The maximum atomic E-state index is 11.9. The molecule has 2 atom stereocenters. The first kappa shape index (κ1) is 12.4. The largest absolute Gasteiger partial charge is 0.480 e. The zero-order valence-electron chi connectivity index (χ0n) is 9.01. The molecule has 0 aromatic carbocycles. The van der Waals surface area contributed by atoms with E-state index in [0.29, 0.717) is 6.54 Å². The molecule has 1 heterocycles. The van der Waals surface area contributed by atoms with Crippen LogP contribution in [0.15, 0.2) is 0 Å². The molecule has 0 amide bonds. The van der Waals surface area contributed by atoms with Crippen molar-refractivity contribution in [2.45, 2.75) is 44.4 Å². The molecule has 88 valence electrons. The Hall–Kier alpha value is -0.620. The predicted molar refractivity (Wildman–Crippen MR) is 56.0 cm³/mol. The van der Waals surface area contributed by atoms with Gasteiger partial charge in [-0.15, -0.1) is 0 Å². The number of carboxylic acids is 1.